The maximum Gasteiger partial charge on any atom is 0.336 e. The molecule has 0 aliphatic carbocycles. The minimum Gasteiger partial charge on any atom is -0.466 e. The van der Waals surface area contributed by atoms with Gasteiger partial charge < -0.3 is 14.4 Å². The maximum absolute atomic E-state index is 12.6. The summed E-state index contributed by atoms with van der Waals surface area (Å²) >= 11 is 0. The van der Waals surface area contributed by atoms with Crippen LogP contribution in [0.15, 0.2) is 78.1 Å². The molecule has 0 spiro atoms. The molecule has 0 saturated carbocycles. The van der Waals surface area contributed by atoms with Crippen molar-refractivity contribution >= 4 is 11.9 Å². The Bertz CT molecular complexity index is 895. The van der Waals surface area contributed by atoms with Crippen molar-refractivity contribution in [3.63, 3.8) is 0 Å². The van der Waals surface area contributed by atoms with E-state index < -0.39 is 17.9 Å². The van der Waals surface area contributed by atoms with Gasteiger partial charge in [-0.15, -0.1) is 0 Å². The number of benzene rings is 2. The molecule has 1 aliphatic rings. The molecular formula is C24H25NO4. The molecule has 0 fully saturated rings. The standard InChI is InChI=1S/C24H25NO4/c1-4-17-10-12-19(13-11-17)22-20(23(26)28-2)15-25(16-21(22)24(27)29-3)14-18-8-6-5-7-9-18/h5-13,15-16,22H,4,14H2,1-3H3. The lowest BCUT2D eigenvalue weighted by Gasteiger charge is -2.30. The molecule has 0 bridgehead atoms. The summed E-state index contributed by atoms with van der Waals surface area (Å²) < 4.78 is 10.1. The Labute approximate surface area is 171 Å². The van der Waals surface area contributed by atoms with E-state index in [0.717, 1.165) is 17.5 Å². The molecule has 2 aromatic carbocycles. The van der Waals surface area contributed by atoms with Crippen molar-refractivity contribution in [2.24, 2.45) is 0 Å². The molecule has 0 aromatic heterocycles. The van der Waals surface area contributed by atoms with Crippen LogP contribution in [0.4, 0.5) is 0 Å². The molecule has 0 amide bonds. The zero-order valence-corrected chi connectivity index (χ0v) is 16.9. The molecule has 2 aromatic rings. The molecule has 0 radical (unpaired) electrons. The van der Waals surface area contributed by atoms with Crippen LogP contribution in [0, 0.1) is 0 Å². The van der Waals surface area contributed by atoms with Gasteiger partial charge in [-0.3, -0.25) is 0 Å². The topological polar surface area (TPSA) is 55.8 Å². The van der Waals surface area contributed by atoms with E-state index in [4.69, 9.17) is 9.47 Å². The predicted molar refractivity (Wildman–Crippen MR) is 111 cm³/mol. The van der Waals surface area contributed by atoms with Crippen LogP contribution in [0.1, 0.15) is 29.5 Å². The Kier molecular flexibility index (Phi) is 6.50. The molecule has 1 aliphatic heterocycles. The molecule has 150 valence electrons. The zero-order valence-electron chi connectivity index (χ0n) is 16.9. The number of ether oxygens (including phenoxy) is 2. The Balaban J connectivity index is 2.06. The number of rotatable bonds is 6. The van der Waals surface area contributed by atoms with Crippen LogP contribution in [0.3, 0.4) is 0 Å². The fraction of sp³-hybridized carbons (Fsp3) is 0.250. The highest BCUT2D eigenvalue weighted by molar-refractivity contribution is 5.98. The molecule has 1 heterocycles. The first-order valence-electron chi connectivity index (χ1n) is 9.56. The zero-order chi connectivity index (χ0) is 20.8. The van der Waals surface area contributed by atoms with Crippen LogP contribution in [0.2, 0.25) is 0 Å². The Morgan fingerprint density at radius 1 is 0.828 bits per heavy atom. The van der Waals surface area contributed by atoms with Crippen LogP contribution >= 0.6 is 0 Å². The third-order valence-electron chi connectivity index (χ3n) is 5.00. The van der Waals surface area contributed by atoms with Crippen molar-refractivity contribution < 1.29 is 19.1 Å². The highest BCUT2D eigenvalue weighted by atomic mass is 16.5. The summed E-state index contributed by atoms with van der Waals surface area (Å²) in [5.74, 6) is -1.49. The molecule has 0 unspecified atom stereocenters. The van der Waals surface area contributed by atoms with Gasteiger partial charge >= 0.3 is 11.9 Å². The van der Waals surface area contributed by atoms with Crippen molar-refractivity contribution in [3.8, 4) is 0 Å². The summed E-state index contributed by atoms with van der Waals surface area (Å²) in [5, 5.41) is 0. The van der Waals surface area contributed by atoms with Crippen LogP contribution in [-0.2, 0) is 32.0 Å². The number of hydrogen-bond donors (Lipinski definition) is 0. The molecule has 0 atom stereocenters. The molecule has 3 rings (SSSR count). The second-order valence-corrected chi connectivity index (χ2v) is 6.84. The first kappa shape index (κ1) is 20.4. The van der Waals surface area contributed by atoms with Crippen molar-refractivity contribution in [2.45, 2.75) is 25.8 Å². The Morgan fingerprint density at radius 3 is 1.86 bits per heavy atom. The minimum absolute atomic E-state index is 0.399. The van der Waals surface area contributed by atoms with Gasteiger partial charge in [0, 0.05) is 18.9 Å². The average Bonchev–Trinajstić information content (AvgIpc) is 2.78. The normalized spacial score (nSPS) is 14.1. The van der Waals surface area contributed by atoms with Crippen LogP contribution in [0.5, 0.6) is 0 Å². The molecule has 0 N–H and O–H groups in total. The van der Waals surface area contributed by atoms with E-state index in [1.807, 2.05) is 59.5 Å². The summed E-state index contributed by atoms with van der Waals surface area (Å²) in [7, 11) is 2.69. The minimum atomic E-state index is -0.548. The summed E-state index contributed by atoms with van der Waals surface area (Å²) in [5.41, 5.74) is 3.88. The van der Waals surface area contributed by atoms with E-state index in [1.165, 1.54) is 19.8 Å². The number of carbonyl (C=O) groups excluding carboxylic acids is 2. The second-order valence-electron chi connectivity index (χ2n) is 6.84. The third-order valence-corrected chi connectivity index (χ3v) is 5.00. The SMILES string of the molecule is CCc1ccc(C2C(C(=O)OC)=CN(Cc3ccccc3)C=C2C(=O)OC)cc1. The summed E-state index contributed by atoms with van der Waals surface area (Å²) in [6, 6.07) is 17.8. The molecule has 0 saturated heterocycles. The lowest BCUT2D eigenvalue weighted by Crippen LogP contribution is -2.28. The largest absolute Gasteiger partial charge is 0.466 e. The Hall–Kier alpha value is -3.34. The number of hydrogen-bond acceptors (Lipinski definition) is 5. The van der Waals surface area contributed by atoms with Gasteiger partial charge in [0.1, 0.15) is 0 Å². The molecule has 5 nitrogen and oxygen atoms in total. The van der Waals surface area contributed by atoms with Gasteiger partial charge in [0.2, 0.25) is 0 Å². The summed E-state index contributed by atoms with van der Waals surface area (Å²) in [4.78, 5) is 27.1. The quantitative estimate of drug-likeness (QED) is 0.698. The highest BCUT2D eigenvalue weighted by Gasteiger charge is 2.35. The van der Waals surface area contributed by atoms with E-state index in [1.54, 1.807) is 12.4 Å². The van der Waals surface area contributed by atoms with Gasteiger partial charge in [-0.1, -0.05) is 61.5 Å². The number of aryl methyl sites for hydroxylation is 1. The van der Waals surface area contributed by atoms with Gasteiger partial charge in [-0.05, 0) is 23.1 Å². The van der Waals surface area contributed by atoms with Gasteiger partial charge in [0.15, 0.2) is 0 Å². The van der Waals surface area contributed by atoms with Crippen LogP contribution < -0.4 is 0 Å². The van der Waals surface area contributed by atoms with Gasteiger partial charge in [0.25, 0.3) is 0 Å². The molecular weight excluding hydrogens is 366 g/mol. The van der Waals surface area contributed by atoms with Crippen LogP contribution in [0.25, 0.3) is 0 Å². The molecule has 29 heavy (non-hydrogen) atoms. The predicted octanol–water partition coefficient (Wildman–Crippen LogP) is 3.96. The van der Waals surface area contributed by atoms with E-state index in [0.29, 0.717) is 17.7 Å². The van der Waals surface area contributed by atoms with Gasteiger partial charge in [-0.2, -0.15) is 0 Å². The fourth-order valence-corrected chi connectivity index (χ4v) is 3.48. The lowest BCUT2D eigenvalue weighted by atomic mass is 9.83. The smallest absolute Gasteiger partial charge is 0.336 e. The number of methoxy groups -OCH3 is 2. The second kappa shape index (κ2) is 9.24. The lowest BCUT2D eigenvalue weighted by molar-refractivity contribution is -0.137. The third kappa shape index (κ3) is 4.57. The first-order valence-corrected chi connectivity index (χ1v) is 9.56. The van der Waals surface area contributed by atoms with Gasteiger partial charge in [-0.25, -0.2) is 9.59 Å². The fourth-order valence-electron chi connectivity index (χ4n) is 3.48. The average molecular weight is 391 g/mol. The van der Waals surface area contributed by atoms with Crippen molar-refractivity contribution in [3.05, 3.63) is 94.8 Å². The van der Waals surface area contributed by atoms with E-state index in [9.17, 15) is 9.59 Å². The monoisotopic (exact) mass is 391 g/mol. The van der Waals surface area contributed by atoms with Crippen molar-refractivity contribution in [1.82, 2.24) is 4.90 Å². The highest BCUT2D eigenvalue weighted by Crippen LogP contribution is 2.37. The number of carbonyl (C=O) groups is 2. The van der Waals surface area contributed by atoms with E-state index in [-0.39, 0.29) is 0 Å². The Morgan fingerprint density at radius 2 is 1.38 bits per heavy atom. The van der Waals surface area contributed by atoms with Crippen molar-refractivity contribution in [2.75, 3.05) is 14.2 Å². The maximum atomic E-state index is 12.6. The number of nitrogens with zero attached hydrogens (tertiary/aromatic N) is 1. The van der Waals surface area contributed by atoms with E-state index >= 15 is 0 Å². The van der Waals surface area contributed by atoms with Crippen molar-refractivity contribution in [1.29, 1.82) is 0 Å². The number of esters is 2. The van der Waals surface area contributed by atoms with Gasteiger partial charge in [0.05, 0.1) is 31.3 Å². The van der Waals surface area contributed by atoms with E-state index in [2.05, 4.69) is 6.92 Å². The molecule has 5 heteroatoms. The first-order chi connectivity index (χ1) is 14.1. The summed E-state index contributed by atoms with van der Waals surface area (Å²) in [6.45, 7) is 2.60. The summed E-state index contributed by atoms with van der Waals surface area (Å²) in [6.07, 6.45) is 4.42. The van der Waals surface area contributed by atoms with Crippen LogP contribution in [-0.4, -0.2) is 31.1 Å².